The van der Waals surface area contributed by atoms with E-state index in [9.17, 15) is 0 Å². The number of nitrogens with zero attached hydrogens (tertiary/aromatic N) is 6. The van der Waals surface area contributed by atoms with Gasteiger partial charge in [0, 0.05) is 74.8 Å². The molecule has 0 aliphatic carbocycles. The highest BCUT2D eigenvalue weighted by Crippen LogP contribution is 2.50. The average Bonchev–Trinajstić information content (AvgIpc) is 3.76. The van der Waals surface area contributed by atoms with E-state index in [4.69, 9.17) is 8.22 Å². The SMILES string of the molecule is [2H]C([2H])([2H])N1C=CN(c2cccc(N3c4cc(N5C=CN(C([2H])([2H])[2H])C5)ccc4-n4c5ccccc5c5cccc3c54)c2)C1. The first-order valence-corrected chi connectivity index (χ1v) is 12.6. The lowest BCUT2D eigenvalue weighted by atomic mass is 10.1. The van der Waals surface area contributed by atoms with Crippen LogP contribution in [0.1, 0.15) is 8.22 Å². The van der Waals surface area contributed by atoms with Crippen LogP contribution in [0.2, 0.25) is 0 Å². The summed E-state index contributed by atoms with van der Waals surface area (Å²) in [5, 5.41) is 2.32. The van der Waals surface area contributed by atoms with Gasteiger partial charge in [0.05, 0.1) is 41.4 Å². The Morgan fingerprint density at radius 1 is 0.579 bits per heavy atom. The van der Waals surface area contributed by atoms with Crippen molar-refractivity contribution < 1.29 is 8.22 Å². The van der Waals surface area contributed by atoms with Crippen molar-refractivity contribution >= 4 is 50.2 Å². The van der Waals surface area contributed by atoms with Crippen molar-refractivity contribution in [1.29, 1.82) is 0 Å². The summed E-state index contributed by atoms with van der Waals surface area (Å²) in [4.78, 5) is 8.79. The second-order valence-electron chi connectivity index (χ2n) is 9.81. The summed E-state index contributed by atoms with van der Waals surface area (Å²) < 4.78 is 49.3. The van der Waals surface area contributed by atoms with Gasteiger partial charge in [0.2, 0.25) is 0 Å². The molecule has 0 spiro atoms. The Morgan fingerprint density at radius 3 is 2.08 bits per heavy atom. The number of benzene rings is 4. The molecule has 5 aromatic rings. The molecule has 3 aliphatic heterocycles. The van der Waals surface area contributed by atoms with Crippen LogP contribution in [0, 0.1) is 0 Å². The van der Waals surface area contributed by atoms with Crippen molar-refractivity contribution in [3.8, 4) is 5.69 Å². The molecule has 0 N–H and O–H groups in total. The van der Waals surface area contributed by atoms with Gasteiger partial charge in [-0.3, -0.25) is 0 Å². The van der Waals surface area contributed by atoms with E-state index in [1.807, 2.05) is 28.0 Å². The lowest BCUT2D eigenvalue weighted by Crippen LogP contribution is -2.23. The molecule has 8 rings (SSSR count). The fourth-order valence-corrected chi connectivity index (χ4v) is 5.88. The van der Waals surface area contributed by atoms with Gasteiger partial charge in [0.25, 0.3) is 0 Å². The van der Waals surface area contributed by atoms with Crippen molar-refractivity contribution in [1.82, 2.24) is 14.4 Å². The quantitative estimate of drug-likeness (QED) is 0.261. The number of rotatable bonds is 3. The van der Waals surface area contributed by atoms with Crippen LogP contribution in [0.4, 0.5) is 28.4 Å². The highest BCUT2D eigenvalue weighted by molar-refractivity contribution is 6.16. The molecular formula is C32H28N6. The molecular weight excluding hydrogens is 468 g/mol. The van der Waals surface area contributed by atoms with Gasteiger partial charge >= 0.3 is 0 Å². The zero-order chi connectivity index (χ0) is 30.4. The maximum atomic E-state index is 7.85. The van der Waals surface area contributed by atoms with Gasteiger partial charge in [-0.05, 0) is 48.5 Å². The first-order chi connectivity index (χ1) is 21.1. The minimum Gasteiger partial charge on any atom is -0.361 e. The van der Waals surface area contributed by atoms with E-state index in [1.54, 1.807) is 24.8 Å². The number of hydrogen-bond acceptors (Lipinski definition) is 5. The number of anilines is 5. The molecule has 186 valence electrons. The second-order valence-corrected chi connectivity index (χ2v) is 9.81. The van der Waals surface area contributed by atoms with Crippen molar-refractivity contribution in [2.75, 3.05) is 42.0 Å². The van der Waals surface area contributed by atoms with E-state index in [-0.39, 0.29) is 13.3 Å². The number of fused-ring (bicyclic) bond motifs is 5. The van der Waals surface area contributed by atoms with Gasteiger partial charge in [0.15, 0.2) is 0 Å². The lowest BCUT2D eigenvalue weighted by Gasteiger charge is -2.34. The summed E-state index contributed by atoms with van der Waals surface area (Å²) in [5.41, 5.74) is 7.85. The zero-order valence-corrected chi connectivity index (χ0v) is 20.5. The molecule has 4 heterocycles. The lowest BCUT2D eigenvalue weighted by molar-refractivity contribution is 0.495. The fraction of sp³-hybridized carbons (Fsp3) is 0.125. The molecule has 0 radical (unpaired) electrons. The van der Waals surface area contributed by atoms with Crippen molar-refractivity contribution in [2.24, 2.45) is 0 Å². The Kier molecular flexibility index (Phi) is 3.32. The molecule has 38 heavy (non-hydrogen) atoms. The van der Waals surface area contributed by atoms with Gasteiger partial charge in [-0.2, -0.15) is 0 Å². The second kappa shape index (κ2) is 7.83. The molecule has 0 fully saturated rings. The molecule has 1 aromatic heterocycles. The summed E-state index contributed by atoms with van der Waals surface area (Å²) in [6.45, 7) is -3.99. The summed E-state index contributed by atoms with van der Waals surface area (Å²) >= 11 is 0. The molecule has 3 aliphatic rings. The standard InChI is InChI=1S/C32H28N6/c1-33-15-17-35(21-33)23-7-5-8-25(19-23)37-30-12-6-10-27-26-9-3-4-11-28(26)38(32(27)30)29-14-13-24(20-31(29)37)36-18-16-34(2)22-36/h3-20H,21-22H2,1-2H3/i1D3,2D3. The summed E-state index contributed by atoms with van der Waals surface area (Å²) in [7, 11) is 0. The Bertz CT molecular complexity index is 2010. The monoisotopic (exact) mass is 502 g/mol. The third-order valence-electron chi connectivity index (χ3n) is 7.57. The highest BCUT2D eigenvalue weighted by Gasteiger charge is 2.29. The largest absolute Gasteiger partial charge is 0.361 e. The van der Waals surface area contributed by atoms with Crippen molar-refractivity contribution in [3.63, 3.8) is 0 Å². The minimum absolute atomic E-state index is 0.222. The average molecular weight is 503 g/mol. The first-order valence-electron chi connectivity index (χ1n) is 15.6. The van der Waals surface area contributed by atoms with Crippen molar-refractivity contribution in [3.05, 3.63) is 110 Å². The molecule has 0 unspecified atom stereocenters. The number of aromatic nitrogens is 1. The van der Waals surface area contributed by atoms with Gasteiger partial charge in [0.1, 0.15) is 0 Å². The van der Waals surface area contributed by atoms with Crippen LogP contribution in [-0.4, -0.2) is 41.7 Å². The molecule has 0 atom stereocenters. The third kappa shape index (κ3) is 3.00. The molecule has 6 heteroatoms. The Balaban J connectivity index is 1.30. The van der Waals surface area contributed by atoms with Crippen LogP contribution in [0.3, 0.4) is 0 Å². The van der Waals surface area contributed by atoms with Crippen LogP contribution < -0.4 is 14.7 Å². The Morgan fingerprint density at radius 2 is 1.29 bits per heavy atom. The van der Waals surface area contributed by atoms with Gasteiger partial charge in [-0.25, -0.2) is 0 Å². The highest BCUT2D eigenvalue weighted by atomic mass is 15.3. The van der Waals surface area contributed by atoms with Crippen LogP contribution in [0.25, 0.3) is 27.5 Å². The predicted octanol–water partition coefficient (Wildman–Crippen LogP) is 6.93. The van der Waals surface area contributed by atoms with Crippen LogP contribution >= 0.6 is 0 Å². The first kappa shape index (κ1) is 16.1. The van der Waals surface area contributed by atoms with E-state index in [0.29, 0.717) is 0 Å². The molecule has 6 nitrogen and oxygen atoms in total. The van der Waals surface area contributed by atoms with E-state index >= 15 is 0 Å². The molecule has 0 bridgehead atoms. The number of para-hydroxylation sites is 2. The molecule has 4 aromatic carbocycles. The summed E-state index contributed by atoms with van der Waals surface area (Å²) in [6.07, 6.45) is 6.81. The molecule has 0 amide bonds. The molecule has 0 saturated carbocycles. The third-order valence-corrected chi connectivity index (χ3v) is 7.57. The van der Waals surface area contributed by atoms with E-state index in [1.165, 1.54) is 9.80 Å². The smallest absolute Gasteiger partial charge is 0.0938 e. The normalized spacial score (nSPS) is 19.0. The van der Waals surface area contributed by atoms with Gasteiger partial charge in [-0.1, -0.05) is 36.4 Å². The maximum absolute atomic E-state index is 7.85. The molecule has 0 saturated heterocycles. The summed E-state index contributed by atoms with van der Waals surface area (Å²) in [6, 6.07) is 29.1. The van der Waals surface area contributed by atoms with E-state index in [2.05, 4.69) is 76.2 Å². The van der Waals surface area contributed by atoms with Gasteiger partial charge in [-0.15, -0.1) is 0 Å². The maximum Gasteiger partial charge on any atom is 0.0938 e. The predicted molar refractivity (Wildman–Crippen MR) is 158 cm³/mol. The topological polar surface area (TPSA) is 21.1 Å². The van der Waals surface area contributed by atoms with Gasteiger partial charge < -0.3 is 29.1 Å². The zero-order valence-electron chi connectivity index (χ0n) is 26.5. The van der Waals surface area contributed by atoms with E-state index < -0.39 is 14.0 Å². The number of hydrogen-bond donors (Lipinski definition) is 0. The van der Waals surface area contributed by atoms with E-state index in [0.717, 1.165) is 55.9 Å². The fourth-order valence-electron chi connectivity index (χ4n) is 5.88. The Labute approximate surface area is 230 Å². The van der Waals surface area contributed by atoms with Crippen LogP contribution in [-0.2, 0) is 0 Å². The summed E-state index contributed by atoms with van der Waals surface area (Å²) in [5.74, 6) is 0. The minimum atomic E-state index is -2.22. The Hall–Kier alpha value is -4.84. The van der Waals surface area contributed by atoms with Crippen LogP contribution in [0.5, 0.6) is 0 Å². The van der Waals surface area contributed by atoms with Crippen molar-refractivity contribution in [2.45, 2.75) is 0 Å². The van der Waals surface area contributed by atoms with Crippen LogP contribution in [0.15, 0.2) is 110 Å².